The maximum absolute atomic E-state index is 2.30. The molecular formula is C4H12Br2Hf. The van der Waals surface area contributed by atoms with Crippen LogP contribution in [-0.4, -0.2) is 0 Å². The summed E-state index contributed by atoms with van der Waals surface area (Å²) in [5.41, 5.74) is 0. The molecule has 0 amide bonds. The van der Waals surface area contributed by atoms with Gasteiger partial charge in [0.2, 0.25) is 0 Å². The molecule has 0 fully saturated rings. The first kappa shape index (κ1) is 15.9. The van der Waals surface area contributed by atoms with Crippen molar-refractivity contribution in [3.63, 3.8) is 0 Å². The van der Waals surface area contributed by atoms with Crippen LogP contribution in [0.4, 0.5) is 0 Å². The standard InChI is InChI=1S/2C2H5.2BrH.Hf/c2*1-2;;;/h2*1H2,2H3;2*1H;. The van der Waals surface area contributed by atoms with Gasteiger partial charge < -0.3 is 0 Å². The van der Waals surface area contributed by atoms with Gasteiger partial charge in [-0.2, -0.15) is 0 Å². The number of hydrogen-bond donors (Lipinski definition) is 0. The van der Waals surface area contributed by atoms with Crippen LogP contribution in [0.15, 0.2) is 0 Å². The molecule has 0 aliphatic rings. The van der Waals surface area contributed by atoms with Gasteiger partial charge in [-0.25, -0.2) is 0 Å². The Balaban J connectivity index is -0.0000000800. The Morgan fingerprint density at radius 2 is 1.29 bits per heavy atom. The van der Waals surface area contributed by atoms with Gasteiger partial charge in [0.15, 0.2) is 0 Å². The second-order valence-corrected chi connectivity index (χ2v) is 7.83. The fraction of sp³-hybridized carbons (Fsp3) is 1.00. The first-order valence-corrected chi connectivity index (χ1v) is 7.20. The zero-order valence-corrected chi connectivity index (χ0v) is 11.7. The van der Waals surface area contributed by atoms with E-state index in [-0.39, 0.29) is 56.9 Å². The molecule has 0 heterocycles. The molecule has 0 atom stereocenters. The van der Waals surface area contributed by atoms with Crippen molar-refractivity contribution in [1.82, 2.24) is 0 Å². The number of rotatable bonds is 2. The average Bonchev–Trinajstić information content (AvgIpc) is 1.41. The van der Waals surface area contributed by atoms with Gasteiger partial charge in [0, 0.05) is 0 Å². The van der Waals surface area contributed by atoms with E-state index < -0.39 is 0 Å². The minimum absolute atomic E-state index is 0. The Bertz CT molecular complexity index is 17.2. The molecule has 0 saturated heterocycles. The molecule has 0 N–H and O–H groups in total. The van der Waals surface area contributed by atoms with E-state index in [0.29, 0.717) is 0 Å². The van der Waals surface area contributed by atoms with Crippen molar-refractivity contribution in [3.8, 4) is 0 Å². The third kappa shape index (κ3) is 18.1. The molecule has 0 aromatic carbocycles. The Morgan fingerprint density at radius 3 is 1.29 bits per heavy atom. The molecule has 0 rings (SSSR count). The van der Waals surface area contributed by atoms with Crippen LogP contribution in [0.2, 0.25) is 8.35 Å². The van der Waals surface area contributed by atoms with Gasteiger partial charge in [-0.3, -0.25) is 0 Å². The summed E-state index contributed by atoms with van der Waals surface area (Å²) in [6, 6.07) is 0. The molecule has 7 heavy (non-hydrogen) atoms. The Kier molecular flexibility index (Phi) is 35.6. The summed E-state index contributed by atoms with van der Waals surface area (Å²) < 4.78 is 3.08. The quantitative estimate of drug-likeness (QED) is 0.627. The van der Waals surface area contributed by atoms with Crippen molar-refractivity contribution < 1.29 is 22.9 Å². The number of hydrogen-bond acceptors (Lipinski definition) is 0. The van der Waals surface area contributed by atoms with Crippen molar-refractivity contribution in [3.05, 3.63) is 0 Å². The molecule has 0 aliphatic carbocycles. The van der Waals surface area contributed by atoms with Gasteiger partial charge >= 0.3 is 45.1 Å². The van der Waals surface area contributed by atoms with Gasteiger partial charge in [0.1, 0.15) is 0 Å². The zero-order chi connectivity index (χ0) is 4.12. The molecule has 0 spiro atoms. The molecule has 0 bridgehead atoms. The second-order valence-electron chi connectivity index (χ2n) is 0.957. The van der Waals surface area contributed by atoms with Gasteiger partial charge in [0.25, 0.3) is 0 Å². The van der Waals surface area contributed by atoms with E-state index in [2.05, 4.69) is 13.8 Å². The van der Waals surface area contributed by atoms with E-state index in [0.717, 1.165) is 0 Å². The molecule has 0 unspecified atom stereocenters. The summed E-state index contributed by atoms with van der Waals surface area (Å²) >= 11 is 0.0494. The zero-order valence-electron chi connectivity index (χ0n) is 4.73. The predicted molar refractivity (Wildman–Crippen MR) is 41.6 cm³/mol. The van der Waals surface area contributed by atoms with Crippen molar-refractivity contribution in [2.24, 2.45) is 0 Å². The first-order chi connectivity index (χ1) is 2.41. The van der Waals surface area contributed by atoms with Crippen LogP contribution < -0.4 is 0 Å². The SMILES string of the molecule is Br.Br.C[CH2][Hf][CH2]C. The topological polar surface area (TPSA) is 0 Å². The Hall–Kier alpha value is 1.83. The van der Waals surface area contributed by atoms with E-state index in [4.69, 9.17) is 0 Å². The Labute approximate surface area is 78.3 Å². The summed E-state index contributed by atoms with van der Waals surface area (Å²) in [4.78, 5) is 0. The third-order valence-electron chi connectivity index (χ3n) is 0.500. The average molecular weight is 398 g/mol. The molecule has 0 aromatic rings. The van der Waals surface area contributed by atoms with Gasteiger partial charge in [-0.15, -0.1) is 34.0 Å². The summed E-state index contributed by atoms with van der Waals surface area (Å²) in [5, 5.41) is 0. The van der Waals surface area contributed by atoms with Crippen LogP contribution in [0.1, 0.15) is 13.8 Å². The van der Waals surface area contributed by atoms with Crippen LogP contribution in [0.3, 0.4) is 0 Å². The van der Waals surface area contributed by atoms with E-state index in [1.165, 1.54) is 8.35 Å². The fourth-order valence-corrected chi connectivity index (χ4v) is 2.05. The molecular weight excluding hydrogens is 386 g/mol. The van der Waals surface area contributed by atoms with Crippen LogP contribution in [0, 0.1) is 0 Å². The fourth-order valence-electron chi connectivity index (χ4n) is 0.250. The van der Waals surface area contributed by atoms with Crippen LogP contribution in [-0.2, 0) is 22.9 Å². The van der Waals surface area contributed by atoms with Crippen molar-refractivity contribution in [2.75, 3.05) is 0 Å². The van der Waals surface area contributed by atoms with Crippen molar-refractivity contribution in [1.29, 1.82) is 0 Å². The van der Waals surface area contributed by atoms with E-state index in [1.54, 1.807) is 0 Å². The molecule has 46 valence electrons. The molecule has 0 aromatic heterocycles. The summed E-state index contributed by atoms with van der Waals surface area (Å²) in [7, 11) is 0. The van der Waals surface area contributed by atoms with Crippen LogP contribution >= 0.6 is 34.0 Å². The normalized spacial score (nSPS) is 5.43. The predicted octanol–water partition coefficient (Wildman–Crippen LogP) is 3.10. The number of halogens is 2. The Morgan fingerprint density at radius 1 is 1.00 bits per heavy atom. The molecule has 0 aliphatic heterocycles. The van der Waals surface area contributed by atoms with Gasteiger partial charge in [0.05, 0.1) is 0 Å². The van der Waals surface area contributed by atoms with Crippen molar-refractivity contribution in [2.45, 2.75) is 22.2 Å². The summed E-state index contributed by atoms with van der Waals surface area (Å²) in [6.07, 6.45) is 0. The van der Waals surface area contributed by atoms with Crippen LogP contribution in [0.5, 0.6) is 0 Å². The van der Waals surface area contributed by atoms with E-state index in [9.17, 15) is 0 Å². The minimum atomic E-state index is 0. The molecule has 0 nitrogen and oxygen atoms in total. The third-order valence-corrected chi connectivity index (χ3v) is 4.09. The molecule has 0 radical (unpaired) electrons. The molecule has 3 heteroatoms. The first-order valence-electron chi connectivity index (χ1n) is 2.12. The van der Waals surface area contributed by atoms with E-state index in [1.807, 2.05) is 0 Å². The van der Waals surface area contributed by atoms with Gasteiger partial charge in [-0.05, 0) is 0 Å². The second kappa shape index (κ2) is 15.7. The van der Waals surface area contributed by atoms with E-state index >= 15 is 0 Å². The molecule has 0 saturated carbocycles. The maximum atomic E-state index is 2.30. The van der Waals surface area contributed by atoms with Gasteiger partial charge in [-0.1, -0.05) is 0 Å². The summed E-state index contributed by atoms with van der Waals surface area (Å²) in [6.45, 7) is 4.60. The van der Waals surface area contributed by atoms with Crippen LogP contribution in [0.25, 0.3) is 0 Å². The summed E-state index contributed by atoms with van der Waals surface area (Å²) in [5.74, 6) is 0. The van der Waals surface area contributed by atoms with Crippen molar-refractivity contribution >= 4 is 34.0 Å². The monoisotopic (exact) mass is 398 g/mol.